The van der Waals surface area contributed by atoms with Crippen molar-refractivity contribution < 1.29 is 14.6 Å². The smallest absolute Gasteiger partial charge is 0.408 e. The first-order valence-electron chi connectivity index (χ1n) is 5.97. The number of hydrogen-bond donors (Lipinski definition) is 2. The molecule has 102 valence electrons. The molecule has 0 saturated carbocycles. The molecule has 1 amide bonds. The normalized spacial score (nSPS) is 13.2. The van der Waals surface area contributed by atoms with E-state index in [-0.39, 0.29) is 6.61 Å². The van der Waals surface area contributed by atoms with Crippen LogP contribution in [-0.2, 0) is 11.3 Å². The number of aliphatic hydroxyl groups is 1. The standard InChI is InChI=1S/C12H21N3O3/c1-5-15-8-13-6-10(15)9(7-16)14-11(17)18-12(2,3)4/h6,8-9,16H,5,7H2,1-4H3,(H,14,17). The van der Waals surface area contributed by atoms with Gasteiger partial charge in [0, 0.05) is 6.54 Å². The Morgan fingerprint density at radius 2 is 2.28 bits per heavy atom. The molecule has 0 saturated heterocycles. The van der Waals surface area contributed by atoms with Crippen molar-refractivity contribution in [1.82, 2.24) is 14.9 Å². The van der Waals surface area contributed by atoms with E-state index in [1.807, 2.05) is 11.5 Å². The third-order valence-corrected chi connectivity index (χ3v) is 2.32. The van der Waals surface area contributed by atoms with E-state index in [9.17, 15) is 9.90 Å². The number of ether oxygens (including phenoxy) is 1. The summed E-state index contributed by atoms with van der Waals surface area (Å²) in [6.45, 7) is 7.85. The maximum absolute atomic E-state index is 11.6. The lowest BCUT2D eigenvalue weighted by Crippen LogP contribution is -2.37. The number of nitrogens with zero attached hydrogens (tertiary/aromatic N) is 2. The number of aryl methyl sites for hydroxylation is 1. The first-order chi connectivity index (χ1) is 8.37. The molecule has 0 aliphatic carbocycles. The van der Waals surface area contributed by atoms with Gasteiger partial charge in [-0.05, 0) is 27.7 Å². The van der Waals surface area contributed by atoms with Crippen LogP contribution in [0, 0.1) is 0 Å². The zero-order valence-electron chi connectivity index (χ0n) is 11.3. The Balaban J connectivity index is 2.71. The largest absolute Gasteiger partial charge is 0.444 e. The molecule has 0 radical (unpaired) electrons. The summed E-state index contributed by atoms with van der Waals surface area (Å²) in [5.74, 6) is 0. The van der Waals surface area contributed by atoms with Crippen LogP contribution in [0.25, 0.3) is 0 Å². The number of carbonyl (C=O) groups is 1. The molecule has 18 heavy (non-hydrogen) atoms. The van der Waals surface area contributed by atoms with E-state index in [4.69, 9.17) is 4.74 Å². The number of aliphatic hydroxyl groups excluding tert-OH is 1. The van der Waals surface area contributed by atoms with Gasteiger partial charge >= 0.3 is 6.09 Å². The summed E-state index contributed by atoms with van der Waals surface area (Å²) < 4.78 is 7.01. The molecular weight excluding hydrogens is 234 g/mol. The van der Waals surface area contributed by atoms with Gasteiger partial charge in [-0.25, -0.2) is 9.78 Å². The van der Waals surface area contributed by atoms with E-state index in [1.54, 1.807) is 33.3 Å². The van der Waals surface area contributed by atoms with Crippen molar-refractivity contribution in [2.45, 2.75) is 45.9 Å². The number of hydrogen-bond acceptors (Lipinski definition) is 4. The van der Waals surface area contributed by atoms with Crippen LogP contribution in [0.15, 0.2) is 12.5 Å². The number of alkyl carbamates (subject to hydrolysis) is 1. The Hall–Kier alpha value is -1.56. The van der Waals surface area contributed by atoms with Gasteiger partial charge < -0.3 is 19.7 Å². The van der Waals surface area contributed by atoms with Crippen molar-refractivity contribution in [2.24, 2.45) is 0 Å². The summed E-state index contributed by atoms with van der Waals surface area (Å²) >= 11 is 0. The second-order valence-electron chi connectivity index (χ2n) is 4.99. The van der Waals surface area contributed by atoms with Gasteiger partial charge in [-0.3, -0.25) is 0 Å². The fraction of sp³-hybridized carbons (Fsp3) is 0.667. The minimum atomic E-state index is -0.560. The molecule has 0 aliphatic rings. The van der Waals surface area contributed by atoms with Crippen molar-refractivity contribution >= 4 is 6.09 Å². The van der Waals surface area contributed by atoms with Crippen LogP contribution in [0.1, 0.15) is 39.4 Å². The monoisotopic (exact) mass is 255 g/mol. The first-order valence-corrected chi connectivity index (χ1v) is 5.97. The zero-order valence-corrected chi connectivity index (χ0v) is 11.3. The summed E-state index contributed by atoms with van der Waals surface area (Å²) in [5, 5.41) is 12.0. The summed E-state index contributed by atoms with van der Waals surface area (Å²) in [6.07, 6.45) is 2.74. The number of amides is 1. The average Bonchev–Trinajstić information content (AvgIpc) is 2.71. The minimum absolute atomic E-state index is 0.203. The van der Waals surface area contributed by atoms with Crippen molar-refractivity contribution in [3.05, 3.63) is 18.2 Å². The highest BCUT2D eigenvalue weighted by molar-refractivity contribution is 5.68. The van der Waals surface area contributed by atoms with Gasteiger partial charge in [0.25, 0.3) is 0 Å². The highest BCUT2D eigenvalue weighted by atomic mass is 16.6. The highest BCUT2D eigenvalue weighted by Crippen LogP contribution is 2.14. The second kappa shape index (κ2) is 5.86. The molecule has 0 spiro atoms. The van der Waals surface area contributed by atoms with Crippen LogP contribution in [0.3, 0.4) is 0 Å². The minimum Gasteiger partial charge on any atom is -0.444 e. The molecule has 1 atom stereocenters. The Morgan fingerprint density at radius 3 is 2.78 bits per heavy atom. The van der Waals surface area contributed by atoms with Crippen molar-refractivity contribution in [3.8, 4) is 0 Å². The van der Waals surface area contributed by atoms with E-state index in [0.29, 0.717) is 0 Å². The molecule has 1 heterocycles. The Labute approximate surface area is 107 Å². The Morgan fingerprint density at radius 1 is 1.61 bits per heavy atom. The zero-order chi connectivity index (χ0) is 13.8. The highest BCUT2D eigenvalue weighted by Gasteiger charge is 2.21. The number of nitrogens with one attached hydrogen (secondary N) is 1. The quantitative estimate of drug-likeness (QED) is 0.854. The maximum atomic E-state index is 11.6. The third kappa shape index (κ3) is 4.03. The van der Waals surface area contributed by atoms with Gasteiger partial charge in [-0.15, -0.1) is 0 Å². The fourth-order valence-corrected chi connectivity index (χ4v) is 1.55. The molecule has 1 unspecified atom stereocenters. The van der Waals surface area contributed by atoms with Crippen LogP contribution in [0.4, 0.5) is 4.79 Å². The predicted molar refractivity (Wildman–Crippen MR) is 67.1 cm³/mol. The predicted octanol–water partition coefficient (Wildman–Crippen LogP) is 1.46. The lowest BCUT2D eigenvalue weighted by Gasteiger charge is -2.23. The van der Waals surface area contributed by atoms with Gasteiger partial charge in [-0.1, -0.05) is 0 Å². The molecule has 1 aromatic rings. The fourth-order valence-electron chi connectivity index (χ4n) is 1.55. The topological polar surface area (TPSA) is 76.4 Å². The molecule has 2 N–H and O–H groups in total. The van der Waals surface area contributed by atoms with Crippen molar-refractivity contribution in [2.75, 3.05) is 6.61 Å². The Kier molecular flexibility index (Phi) is 4.72. The van der Waals surface area contributed by atoms with Crippen LogP contribution in [0.2, 0.25) is 0 Å². The summed E-state index contributed by atoms with van der Waals surface area (Å²) in [5.41, 5.74) is 0.195. The van der Waals surface area contributed by atoms with E-state index in [0.717, 1.165) is 12.2 Å². The molecule has 1 aromatic heterocycles. The van der Waals surface area contributed by atoms with Crippen molar-refractivity contribution in [3.63, 3.8) is 0 Å². The lowest BCUT2D eigenvalue weighted by molar-refractivity contribution is 0.0479. The third-order valence-electron chi connectivity index (χ3n) is 2.32. The molecule has 6 nitrogen and oxygen atoms in total. The molecule has 0 aromatic carbocycles. The number of aromatic nitrogens is 2. The van der Waals surface area contributed by atoms with Gasteiger partial charge in [0.05, 0.1) is 30.9 Å². The van der Waals surface area contributed by atoms with Gasteiger partial charge in [0.2, 0.25) is 0 Å². The van der Waals surface area contributed by atoms with E-state index in [1.165, 1.54) is 0 Å². The summed E-state index contributed by atoms with van der Waals surface area (Å²) in [4.78, 5) is 15.7. The summed E-state index contributed by atoms with van der Waals surface area (Å²) in [6, 6.07) is -0.512. The number of carbonyl (C=O) groups excluding carboxylic acids is 1. The van der Waals surface area contributed by atoms with Crippen LogP contribution in [-0.4, -0.2) is 33.0 Å². The molecule has 6 heteroatoms. The second-order valence-corrected chi connectivity index (χ2v) is 4.99. The average molecular weight is 255 g/mol. The molecule has 0 aliphatic heterocycles. The van der Waals surface area contributed by atoms with Gasteiger partial charge in [0.1, 0.15) is 5.60 Å². The summed E-state index contributed by atoms with van der Waals surface area (Å²) in [7, 11) is 0. The van der Waals surface area contributed by atoms with E-state index >= 15 is 0 Å². The van der Waals surface area contributed by atoms with Crippen LogP contribution < -0.4 is 5.32 Å². The number of imidazole rings is 1. The SMILES string of the molecule is CCn1cncc1C(CO)NC(=O)OC(C)(C)C. The Bertz CT molecular complexity index is 396. The van der Waals surface area contributed by atoms with Crippen LogP contribution in [0.5, 0.6) is 0 Å². The van der Waals surface area contributed by atoms with Crippen LogP contribution >= 0.6 is 0 Å². The lowest BCUT2D eigenvalue weighted by atomic mass is 10.2. The molecule has 0 fully saturated rings. The first kappa shape index (κ1) is 14.5. The van der Waals surface area contributed by atoms with Gasteiger partial charge in [0.15, 0.2) is 0 Å². The molecule has 1 rings (SSSR count). The van der Waals surface area contributed by atoms with E-state index in [2.05, 4.69) is 10.3 Å². The van der Waals surface area contributed by atoms with E-state index < -0.39 is 17.7 Å². The maximum Gasteiger partial charge on any atom is 0.408 e. The van der Waals surface area contributed by atoms with Crippen molar-refractivity contribution in [1.29, 1.82) is 0 Å². The molecule has 0 bridgehead atoms. The number of rotatable bonds is 4. The van der Waals surface area contributed by atoms with Gasteiger partial charge in [-0.2, -0.15) is 0 Å². The molecular formula is C12H21N3O3.